The number of aliphatic carboxylic acids is 2. The van der Waals surface area contributed by atoms with Gasteiger partial charge in [0.05, 0.1) is 37.5 Å². The Morgan fingerprint density at radius 1 is 0.532 bits per heavy atom. The van der Waals surface area contributed by atoms with E-state index in [1.165, 1.54) is 0 Å². The largest absolute Gasteiger partial charge is 0.481 e. The number of alkyl halides is 1. The second-order valence-corrected chi connectivity index (χ2v) is 11.6. The lowest BCUT2D eigenvalue weighted by atomic mass is 10.0. The normalized spacial score (nSPS) is 11.4. The van der Waals surface area contributed by atoms with E-state index < -0.39 is 18.0 Å². The molecule has 0 fully saturated rings. The summed E-state index contributed by atoms with van der Waals surface area (Å²) in [6.07, 6.45) is 10.1. The summed E-state index contributed by atoms with van der Waals surface area (Å²) >= 11 is 1.97. The Morgan fingerprint density at radius 3 is 1.53 bits per heavy atom. The van der Waals surface area contributed by atoms with Crippen LogP contribution in [-0.4, -0.2) is 116 Å². The maximum atomic E-state index is 12.2. The van der Waals surface area contributed by atoms with Crippen LogP contribution in [0, 0.1) is 0 Å². The van der Waals surface area contributed by atoms with Gasteiger partial charge in [0.1, 0.15) is 12.6 Å². The molecule has 15 nitrogen and oxygen atoms in total. The number of carboxylic acid groups (broad SMARTS) is 2. The van der Waals surface area contributed by atoms with Crippen LogP contribution in [0.2, 0.25) is 0 Å². The minimum absolute atomic E-state index is 0.0248. The first-order valence-electron chi connectivity index (χ1n) is 16.5. The van der Waals surface area contributed by atoms with Crippen LogP contribution in [0.15, 0.2) is 0 Å². The van der Waals surface area contributed by atoms with Gasteiger partial charge in [-0.1, -0.05) is 74.0 Å². The van der Waals surface area contributed by atoms with Gasteiger partial charge < -0.3 is 45.7 Å². The van der Waals surface area contributed by atoms with Gasteiger partial charge in [-0.2, -0.15) is 0 Å². The Morgan fingerprint density at radius 2 is 1.00 bits per heavy atom. The van der Waals surface area contributed by atoms with Crippen molar-refractivity contribution >= 4 is 58.2 Å². The predicted octanol–water partition coefficient (Wildman–Crippen LogP) is 1.94. The van der Waals surface area contributed by atoms with Crippen molar-refractivity contribution in [2.45, 2.75) is 95.9 Å². The third-order valence-corrected chi connectivity index (χ3v) is 7.46. The quantitative estimate of drug-likeness (QED) is 0.0321. The number of carbonyl (C=O) groups excluding carboxylic acids is 4. The Balaban J connectivity index is 3.71. The highest BCUT2D eigenvalue weighted by Gasteiger charge is 2.20. The number of unbranched alkanes of at least 4 members (excludes halogenated alkanes) is 9. The van der Waals surface area contributed by atoms with E-state index in [0.29, 0.717) is 37.2 Å². The van der Waals surface area contributed by atoms with Gasteiger partial charge in [-0.15, -0.1) is 0 Å². The fourth-order valence-electron chi connectivity index (χ4n) is 4.24. The van der Waals surface area contributed by atoms with Crippen LogP contribution >= 0.6 is 22.6 Å². The third kappa shape index (κ3) is 31.8. The van der Waals surface area contributed by atoms with Crippen LogP contribution < -0.4 is 21.3 Å². The number of carbonyl (C=O) groups is 6. The fraction of sp³-hybridized carbons (Fsp3) is 0.806. The van der Waals surface area contributed by atoms with E-state index in [2.05, 4.69) is 21.3 Å². The van der Waals surface area contributed by atoms with Crippen molar-refractivity contribution < 1.29 is 53.2 Å². The topological polar surface area (TPSA) is 219 Å². The molecule has 0 aliphatic rings. The Hall–Kier alpha value is -2.57. The average Bonchev–Trinajstić information content (AvgIpc) is 3.03. The molecule has 47 heavy (non-hydrogen) atoms. The number of amides is 4. The number of hydrogen-bond acceptors (Lipinski definition) is 9. The summed E-state index contributed by atoms with van der Waals surface area (Å²) in [4.78, 5) is 69.1. The number of halogens is 1. The van der Waals surface area contributed by atoms with Gasteiger partial charge in [0.15, 0.2) is 0 Å². The number of rotatable bonds is 33. The van der Waals surface area contributed by atoms with Gasteiger partial charge in [-0.05, 0) is 19.3 Å². The van der Waals surface area contributed by atoms with Crippen molar-refractivity contribution in [1.29, 1.82) is 0 Å². The molecule has 0 aliphatic heterocycles. The van der Waals surface area contributed by atoms with Gasteiger partial charge in [0, 0.05) is 38.9 Å². The summed E-state index contributed by atoms with van der Waals surface area (Å²) in [7, 11) is 0. The number of carboxylic acids is 2. The van der Waals surface area contributed by atoms with E-state index in [4.69, 9.17) is 19.3 Å². The highest BCUT2D eigenvalue weighted by atomic mass is 127. The van der Waals surface area contributed by atoms with Crippen LogP contribution in [0.3, 0.4) is 0 Å². The molecule has 0 heterocycles. The number of nitrogens with one attached hydrogen (secondary N) is 4. The van der Waals surface area contributed by atoms with Gasteiger partial charge in [0.2, 0.25) is 23.6 Å². The molecule has 0 aromatic heterocycles. The molecule has 0 saturated heterocycles. The second kappa shape index (κ2) is 32.0. The maximum absolute atomic E-state index is 12.2. The summed E-state index contributed by atoms with van der Waals surface area (Å²) < 4.78 is 16.3. The van der Waals surface area contributed by atoms with E-state index in [-0.39, 0.29) is 82.3 Å². The standard InChI is InChI=1S/C31H55IN4O11/c32-23-28(39)34-16-18-45-19-17-35-29(40)24-47-22-21-46-20-15-33-26(37)14-13-25(31(43)44)36-27(38)11-9-7-5-3-1-2-4-6-8-10-12-30(41)42/h25H,1-24H2,(H,33,37)(H,34,39)(H,35,40)(H,36,38)(H,41,42)(H,43,44). The molecular weight excluding hydrogens is 731 g/mol. The first kappa shape index (κ1) is 44.4. The zero-order valence-corrected chi connectivity index (χ0v) is 29.7. The van der Waals surface area contributed by atoms with Crippen molar-refractivity contribution in [3.05, 3.63) is 0 Å². The number of ether oxygens (including phenoxy) is 3. The Bertz CT molecular complexity index is 896. The molecule has 0 radical (unpaired) electrons. The van der Waals surface area contributed by atoms with Gasteiger partial charge in [0.25, 0.3) is 0 Å². The minimum atomic E-state index is -1.19. The zero-order valence-electron chi connectivity index (χ0n) is 27.5. The summed E-state index contributed by atoms with van der Waals surface area (Å²) in [5.41, 5.74) is 0. The molecule has 0 rings (SSSR count). The number of hydrogen-bond donors (Lipinski definition) is 6. The average molecular weight is 787 g/mol. The third-order valence-electron chi connectivity index (χ3n) is 6.77. The molecular formula is C31H55IN4O11. The highest BCUT2D eigenvalue weighted by Crippen LogP contribution is 2.12. The van der Waals surface area contributed by atoms with Crippen molar-refractivity contribution in [3.63, 3.8) is 0 Å². The van der Waals surface area contributed by atoms with E-state index in [1.807, 2.05) is 22.6 Å². The summed E-state index contributed by atoms with van der Waals surface area (Å²) in [6, 6.07) is -1.14. The van der Waals surface area contributed by atoms with Crippen molar-refractivity contribution in [2.24, 2.45) is 0 Å². The minimum Gasteiger partial charge on any atom is -0.481 e. The van der Waals surface area contributed by atoms with E-state index in [1.54, 1.807) is 0 Å². The molecule has 0 aliphatic carbocycles. The Labute approximate surface area is 291 Å². The van der Waals surface area contributed by atoms with Gasteiger partial charge in [-0.3, -0.25) is 24.0 Å². The lowest BCUT2D eigenvalue weighted by molar-refractivity contribution is -0.142. The molecule has 4 amide bonds. The lowest BCUT2D eigenvalue weighted by Gasteiger charge is -2.14. The summed E-state index contributed by atoms with van der Waals surface area (Å²) in [5, 5.41) is 28.5. The van der Waals surface area contributed by atoms with Crippen LogP contribution in [-0.2, 0) is 43.0 Å². The van der Waals surface area contributed by atoms with Gasteiger partial charge in [-0.25, -0.2) is 4.79 Å². The van der Waals surface area contributed by atoms with E-state index >= 15 is 0 Å². The van der Waals surface area contributed by atoms with Crippen LogP contribution in [0.25, 0.3) is 0 Å². The highest BCUT2D eigenvalue weighted by molar-refractivity contribution is 14.1. The first-order chi connectivity index (χ1) is 22.6. The molecule has 0 saturated carbocycles. The van der Waals surface area contributed by atoms with Gasteiger partial charge >= 0.3 is 11.9 Å². The van der Waals surface area contributed by atoms with Crippen molar-refractivity contribution in [2.75, 3.05) is 63.7 Å². The van der Waals surface area contributed by atoms with Crippen LogP contribution in [0.4, 0.5) is 0 Å². The maximum Gasteiger partial charge on any atom is 0.326 e. The van der Waals surface area contributed by atoms with Crippen molar-refractivity contribution in [3.8, 4) is 0 Å². The molecule has 0 spiro atoms. The molecule has 0 aromatic carbocycles. The molecule has 6 N–H and O–H groups in total. The molecule has 0 bridgehead atoms. The second-order valence-electron chi connectivity index (χ2n) is 10.9. The summed E-state index contributed by atoms with van der Waals surface area (Å²) in [6.45, 7) is 2.12. The van der Waals surface area contributed by atoms with E-state index in [9.17, 15) is 33.9 Å². The van der Waals surface area contributed by atoms with E-state index in [0.717, 1.165) is 57.8 Å². The van der Waals surface area contributed by atoms with Crippen LogP contribution in [0.5, 0.6) is 0 Å². The predicted molar refractivity (Wildman–Crippen MR) is 182 cm³/mol. The smallest absolute Gasteiger partial charge is 0.326 e. The fourth-order valence-corrected chi connectivity index (χ4v) is 4.51. The molecule has 1 atom stereocenters. The van der Waals surface area contributed by atoms with Crippen LogP contribution in [0.1, 0.15) is 89.9 Å². The zero-order chi connectivity index (χ0) is 35.0. The lowest BCUT2D eigenvalue weighted by Crippen LogP contribution is -2.41. The van der Waals surface area contributed by atoms with Crippen molar-refractivity contribution in [1.82, 2.24) is 21.3 Å². The monoisotopic (exact) mass is 786 g/mol. The summed E-state index contributed by atoms with van der Waals surface area (Å²) in [5.74, 6) is -2.97. The SMILES string of the molecule is O=C(O)CCCCCCCCCCCCC(=O)NC(CCC(=O)NCCOCCOCC(=O)NCCOCCNC(=O)CI)C(=O)O. The molecule has 0 aromatic rings. The molecule has 272 valence electrons. The Kier molecular flexibility index (Phi) is 30.3. The molecule has 16 heteroatoms. The molecule has 1 unspecified atom stereocenters. The first-order valence-corrected chi connectivity index (χ1v) is 18.0.